The van der Waals surface area contributed by atoms with Crippen molar-refractivity contribution in [3.8, 4) is 0 Å². The van der Waals surface area contributed by atoms with Crippen LogP contribution in [0.3, 0.4) is 0 Å². The summed E-state index contributed by atoms with van der Waals surface area (Å²) < 4.78 is 4.98. The summed E-state index contributed by atoms with van der Waals surface area (Å²) in [6.07, 6.45) is 1.18. The summed E-state index contributed by atoms with van der Waals surface area (Å²) in [5.74, 6) is -2.50. The minimum atomic E-state index is -0.903. The number of hydrogen-bond donors (Lipinski definition) is 1. The molecule has 1 aromatic carbocycles. The Kier molecular flexibility index (Phi) is 4.91. The van der Waals surface area contributed by atoms with Crippen molar-refractivity contribution in [1.29, 1.82) is 0 Å². The van der Waals surface area contributed by atoms with Crippen LogP contribution in [0.2, 0.25) is 10.0 Å². The Morgan fingerprint density at radius 3 is 2.71 bits per heavy atom. The molecule has 1 aliphatic rings. The van der Waals surface area contributed by atoms with E-state index in [1.165, 1.54) is 0 Å². The lowest BCUT2D eigenvalue weighted by molar-refractivity contribution is -0.148. The fourth-order valence-electron chi connectivity index (χ4n) is 2.42. The Balaban J connectivity index is 2.42. The number of halogens is 2. The lowest BCUT2D eigenvalue weighted by Crippen LogP contribution is -2.31. The fourth-order valence-corrected chi connectivity index (χ4v) is 2.73. The van der Waals surface area contributed by atoms with Crippen LogP contribution in [0.1, 0.15) is 24.8 Å². The number of carbonyl (C=O) groups excluding carboxylic acids is 2. The van der Waals surface area contributed by atoms with E-state index in [1.807, 2.05) is 0 Å². The van der Waals surface area contributed by atoms with E-state index in [0.29, 0.717) is 15.6 Å². The maximum absolute atomic E-state index is 12.1. The Hall–Kier alpha value is -1.52. The first-order valence-corrected chi connectivity index (χ1v) is 7.24. The van der Waals surface area contributed by atoms with E-state index in [0.717, 1.165) is 6.08 Å². The van der Waals surface area contributed by atoms with E-state index in [4.69, 9.17) is 27.9 Å². The molecule has 0 saturated heterocycles. The van der Waals surface area contributed by atoms with Gasteiger partial charge in [-0.05, 0) is 24.6 Å². The van der Waals surface area contributed by atoms with Gasteiger partial charge in [-0.25, -0.2) is 0 Å². The van der Waals surface area contributed by atoms with E-state index in [1.54, 1.807) is 25.1 Å². The van der Waals surface area contributed by atoms with Crippen molar-refractivity contribution in [3.63, 3.8) is 0 Å². The van der Waals surface area contributed by atoms with Gasteiger partial charge in [-0.1, -0.05) is 29.3 Å². The van der Waals surface area contributed by atoms with Crippen molar-refractivity contribution in [2.75, 3.05) is 6.61 Å². The van der Waals surface area contributed by atoms with Gasteiger partial charge in [-0.15, -0.1) is 0 Å². The number of esters is 1. The van der Waals surface area contributed by atoms with Crippen molar-refractivity contribution >= 4 is 35.0 Å². The maximum Gasteiger partial charge on any atom is 0.317 e. The highest BCUT2D eigenvalue weighted by molar-refractivity contribution is 6.42. The quantitative estimate of drug-likeness (QED) is 0.860. The zero-order valence-corrected chi connectivity index (χ0v) is 12.8. The van der Waals surface area contributed by atoms with Gasteiger partial charge >= 0.3 is 5.97 Å². The smallest absolute Gasteiger partial charge is 0.317 e. The zero-order chi connectivity index (χ0) is 15.6. The van der Waals surface area contributed by atoms with Gasteiger partial charge in [0.05, 0.1) is 16.7 Å². The third kappa shape index (κ3) is 3.39. The number of aliphatic hydroxyl groups is 1. The average molecular weight is 329 g/mol. The Bertz CT molecular complexity index is 610. The second kappa shape index (κ2) is 6.50. The molecule has 0 fully saturated rings. The molecule has 0 amide bonds. The van der Waals surface area contributed by atoms with Gasteiger partial charge in [0.25, 0.3) is 0 Å². The molecule has 2 unspecified atom stereocenters. The third-order valence-electron chi connectivity index (χ3n) is 3.36. The molecule has 1 aliphatic carbocycles. The molecular weight excluding hydrogens is 315 g/mol. The van der Waals surface area contributed by atoms with Crippen LogP contribution in [0.4, 0.5) is 0 Å². The number of aliphatic hydroxyl groups excluding tert-OH is 1. The normalized spacial score (nSPS) is 21.9. The van der Waals surface area contributed by atoms with Gasteiger partial charge in [-0.2, -0.15) is 0 Å². The molecule has 112 valence electrons. The Morgan fingerprint density at radius 2 is 2.10 bits per heavy atom. The summed E-state index contributed by atoms with van der Waals surface area (Å²) in [5.41, 5.74) is 0.662. The molecule has 1 N–H and O–H groups in total. The number of carbonyl (C=O) groups is 2. The first-order chi connectivity index (χ1) is 9.93. The predicted octanol–water partition coefficient (Wildman–Crippen LogP) is 3.67. The highest BCUT2D eigenvalue weighted by Crippen LogP contribution is 2.38. The molecule has 2 atom stereocenters. The van der Waals surface area contributed by atoms with Crippen molar-refractivity contribution in [2.45, 2.75) is 19.3 Å². The Labute approximate surface area is 132 Å². The van der Waals surface area contributed by atoms with Gasteiger partial charge in [0.2, 0.25) is 0 Å². The minimum absolute atomic E-state index is 0.103. The molecule has 1 aromatic rings. The van der Waals surface area contributed by atoms with E-state index in [2.05, 4.69) is 0 Å². The van der Waals surface area contributed by atoms with E-state index < -0.39 is 17.8 Å². The summed E-state index contributed by atoms with van der Waals surface area (Å²) in [6, 6.07) is 4.89. The molecule has 0 saturated carbocycles. The number of allylic oxidation sites excluding steroid dienone is 1. The molecule has 6 heteroatoms. The first-order valence-electron chi connectivity index (χ1n) is 6.49. The summed E-state index contributed by atoms with van der Waals surface area (Å²) in [4.78, 5) is 23.7. The van der Waals surface area contributed by atoms with Crippen LogP contribution < -0.4 is 0 Å². The highest BCUT2D eigenvalue weighted by atomic mass is 35.5. The molecule has 0 aliphatic heterocycles. The van der Waals surface area contributed by atoms with E-state index >= 15 is 0 Å². The van der Waals surface area contributed by atoms with Crippen LogP contribution >= 0.6 is 23.2 Å². The van der Waals surface area contributed by atoms with Crippen LogP contribution in [0, 0.1) is 5.92 Å². The van der Waals surface area contributed by atoms with Crippen molar-refractivity contribution < 1.29 is 19.4 Å². The number of benzene rings is 1. The molecule has 2 rings (SSSR count). The van der Waals surface area contributed by atoms with Gasteiger partial charge in [0.15, 0.2) is 5.78 Å². The van der Waals surface area contributed by atoms with E-state index in [9.17, 15) is 14.7 Å². The summed E-state index contributed by atoms with van der Waals surface area (Å²) >= 11 is 11.9. The van der Waals surface area contributed by atoms with Crippen LogP contribution in [-0.4, -0.2) is 23.5 Å². The summed E-state index contributed by atoms with van der Waals surface area (Å²) in [5, 5.41) is 10.7. The van der Waals surface area contributed by atoms with E-state index in [-0.39, 0.29) is 24.6 Å². The number of ketones is 1. The topological polar surface area (TPSA) is 63.6 Å². The standard InChI is InChI=1S/C15H14Cl2O4/c1-2-21-15(20)14-10(6-9(18)7-13(14)19)8-3-4-11(16)12(17)5-8/h3-5,7,10,14,19H,2,6H2,1H3. The molecule has 0 aromatic heterocycles. The first kappa shape index (κ1) is 15.9. The second-order valence-electron chi connectivity index (χ2n) is 4.75. The minimum Gasteiger partial charge on any atom is -0.511 e. The molecular formula is C15H14Cl2O4. The molecule has 4 nitrogen and oxygen atoms in total. The van der Waals surface area contributed by atoms with Crippen LogP contribution in [-0.2, 0) is 14.3 Å². The summed E-state index contributed by atoms with van der Waals surface area (Å²) in [7, 11) is 0. The zero-order valence-electron chi connectivity index (χ0n) is 11.3. The average Bonchev–Trinajstić information content (AvgIpc) is 2.41. The summed E-state index contributed by atoms with van der Waals surface area (Å²) in [6.45, 7) is 1.88. The largest absolute Gasteiger partial charge is 0.511 e. The van der Waals surface area contributed by atoms with Crippen LogP contribution in [0.25, 0.3) is 0 Å². The highest BCUT2D eigenvalue weighted by Gasteiger charge is 2.39. The molecule has 21 heavy (non-hydrogen) atoms. The Morgan fingerprint density at radius 1 is 1.38 bits per heavy atom. The molecule has 0 heterocycles. The number of ether oxygens (including phenoxy) is 1. The van der Waals surface area contributed by atoms with Gasteiger partial charge in [-0.3, -0.25) is 9.59 Å². The van der Waals surface area contributed by atoms with Crippen molar-refractivity contribution in [3.05, 3.63) is 45.6 Å². The lowest BCUT2D eigenvalue weighted by atomic mass is 9.77. The van der Waals surface area contributed by atoms with Gasteiger partial charge in [0, 0.05) is 18.4 Å². The van der Waals surface area contributed by atoms with Crippen LogP contribution in [0.15, 0.2) is 30.0 Å². The molecule has 0 spiro atoms. The monoisotopic (exact) mass is 328 g/mol. The predicted molar refractivity (Wildman–Crippen MR) is 79.7 cm³/mol. The second-order valence-corrected chi connectivity index (χ2v) is 5.56. The number of rotatable bonds is 3. The third-order valence-corrected chi connectivity index (χ3v) is 4.10. The maximum atomic E-state index is 12.1. The number of hydrogen-bond acceptors (Lipinski definition) is 4. The van der Waals surface area contributed by atoms with Crippen LogP contribution in [0.5, 0.6) is 0 Å². The molecule has 0 bridgehead atoms. The van der Waals surface area contributed by atoms with Gasteiger partial charge < -0.3 is 9.84 Å². The molecule has 0 radical (unpaired) electrons. The lowest BCUT2D eigenvalue weighted by Gasteiger charge is -2.28. The van der Waals surface area contributed by atoms with Crippen molar-refractivity contribution in [2.24, 2.45) is 5.92 Å². The SMILES string of the molecule is CCOC(=O)C1C(O)=CC(=O)CC1c1ccc(Cl)c(Cl)c1. The fraction of sp³-hybridized carbons (Fsp3) is 0.333. The van der Waals surface area contributed by atoms with Crippen molar-refractivity contribution in [1.82, 2.24) is 0 Å². The van der Waals surface area contributed by atoms with Gasteiger partial charge in [0.1, 0.15) is 11.7 Å².